The first-order valence-electron chi connectivity index (χ1n) is 7.06. The second kappa shape index (κ2) is 6.44. The molecule has 25 heavy (non-hydrogen) atoms. The molecule has 0 amide bonds. The van der Waals surface area contributed by atoms with E-state index in [4.69, 9.17) is 0 Å². The maximum absolute atomic E-state index is 12.5. The molecule has 0 aliphatic carbocycles. The number of nitro benzene ring substituents is 1. The van der Waals surface area contributed by atoms with Crippen molar-refractivity contribution in [3.63, 3.8) is 0 Å². The summed E-state index contributed by atoms with van der Waals surface area (Å²) in [5, 5.41) is 27.4. The summed E-state index contributed by atoms with van der Waals surface area (Å²) >= 11 is 3.12. The minimum atomic E-state index is -0.781. The largest absolute Gasteiger partial charge is 0.867 e. The smallest absolute Gasteiger partial charge is 0.282 e. The fraction of sp³-hybridized carbons (Fsp3) is 0.0625. The lowest BCUT2D eigenvalue weighted by Crippen LogP contribution is -2.20. The predicted octanol–water partition coefficient (Wildman–Crippen LogP) is 2.33. The fourth-order valence-electron chi connectivity index (χ4n) is 2.32. The number of hydrogen-bond acceptors (Lipinski definition) is 6. The predicted molar refractivity (Wildman–Crippen MR) is 94.0 cm³/mol. The Bertz CT molecular complexity index is 1090. The van der Waals surface area contributed by atoms with Crippen molar-refractivity contribution >= 4 is 38.7 Å². The van der Waals surface area contributed by atoms with E-state index in [0.717, 1.165) is 17.0 Å². The second-order valence-electron chi connectivity index (χ2n) is 5.14. The number of benzene rings is 2. The molecule has 0 fully saturated rings. The molecule has 3 rings (SSSR count). The van der Waals surface area contributed by atoms with Gasteiger partial charge in [0.05, 0.1) is 22.0 Å². The minimum Gasteiger partial charge on any atom is -0.867 e. The van der Waals surface area contributed by atoms with Crippen molar-refractivity contribution in [2.45, 2.75) is 6.92 Å². The fourth-order valence-corrected chi connectivity index (χ4v) is 2.79. The number of nitrogens with zero attached hydrogens (tertiary/aromatic N) is 4. The van der Waals surface area contributed by atoms with E-state index in [9.17, 15) is 20.0 Å². The molecule has 126 valence electrons. The van der Waals surface area contributed by atoms with E-state index in [1.807, 2.05) is 0 Å². The Morgan fingerprint density at radius 1 is 1.32 bits per heavy atom. The topological polar surface area (TPSA) is 113 Å². The SMILES string of the molecule is Cc1nc2ccccc2c(=O)n1/N=C\c1cc(Br)cc([N+](=O)[O-])c1[O-]. The number of para-hydroxylation sites is 1. The zero-order valence-electron chi connectivity index (χ0n) is 12.8. The molecule has 3 aromatic rings. The van der Waals surface area contributed by atoms with Crippen molar-refractivity contribution in [2.75, 3.05) is 0 Å². The molecule has 0 radical (unpaired) electrons. The second-order valence-corrected chi connectivity index (χ2v) is 6.05. The quantitative estimate of drug-likeness (QED) is 0.379. The van der Waals surface area contributed by atoms with Gasteiger partial charge in [0, 0.05) is 10.5 Å². The Kier molecular flexibility index (Phi) is 4.32. The average Bonchev–Trinajstić information content (AvgIpc) is 2.57. The van der Waals surface area contributed by atoms with Crippen molar-refractivity contribution in [3.8, 4) is 5.75 Å². The first kappa shape index (κ1) is 16.8. The Labute approximate surface area is 149 Å². The van der Waals surface area contributed by atoms with Gasteiger partial charge in [-0.3, -0.25) is 14.9 Å². The number of fused-ring (bicyclic) bond motifs is 1. The Balaban J connectivity index is 2.14. The van der Waals surface area contributed by atoms with E-state index >= 15 is 0 Å². The highest BCUT2D eigenvalue weighted by molar-refractivity contribution is 9.10. The summed E-state index contributed by atoms with van der Waals surface area (Å²) in [6, 6.07) is 9.33. The molecule has 1 aromatic heterocycles. The molecule has 0 bridgehead atoms. The standard InChI is InChI=1S/C16H11BrN4O4/c1-9-19-13-5-3-2-4-12(13)16(23)20(9)18-8-10-6-11(17)7-14(15(10)22)21(24)25/h2-8,22H,1H3/p-1/b18-8-. The Morgan fingerprint density at radius 3 is 2.76 bits per heavy atom. The lowest BCUT2D eigenvalue weighted by molar-refractivity contribution is -0.398. The molecule has 0 saturated heterocycles. The van der Waals surface area contributed by atoms with Gasteiger partial charge in [0.1, 0.15) is 5.82 Å². The van der Waals surface area contributed by atoms with Crippen LogP contribution in [0.25, 0.3) is 10.9 Å². The summed E-state index contributed by atoms with van der Waals surface area (Å²) < 4.78 is 1.41. The third-order valence-corrected chi connectivity index (χ3v) is 3.95. The van der Waals surface area contributed by atoms with Crippen molar-refractivity contribution in [1.29, 1.82) is 0 Å². The lowest BCUT2D eigenvalue weighted by Gasteiger charge is -2.11. The molecule has 0 atom stereocenters. The summed E-state index contributed by atoms with van der Waals surface area (Å²) in [6.07, 6.45) is 1.12. The van der Waals surface area contributed by atoms with E-state index in [-0.39, 0.29) is 5.56 Å². The molecular formula is C16H10BrN4O4-. The van der Waals surface area contributed by atoms with E-state index in [2.05, 4.69) is 26.0 Å². The number of rotatable bonds is 3. The molecule has 0 saturated carbocycles. The molecular weight excluding hydrogens is 392 g/mol. The van der Waals surface area contributed by atoms with Crippen LogP contribution in [0.1, 0.15) is 11.4 Å². The molecule has 9 heteroatoms. The molecule has 0 aliphatic heterocycles. The first-order valence-corrected chi connectivity index (χ1v) is 7.85. The van der Waals surface area contributed by atoms with Crippen molar-refractivity contribution in [2.24, 2.45) is 5.10 Å². The van der Waals surface area contributed by atoms with E-state index in [0.29, 0.717) is 21.2 Å². The maximum Gasteiger partial charge on any atom is 0.282 e. The number of aryl methyl sites for hydroxylation is 1. The highest BCUT2D eigenvalue weighted by Crippen LogP contribution is 2.30. The minimum absolute atomic E-state index is 0.0134. The first-order chi connectivity index (χ1) is 11.9. The van der Waals surface area contributed by atoms with Gasteiger partial charge < -0.3 is 5.11 Å². The van der Waals surface area contributed by atoms with Gasteiger partial charge in [-0.15, -0.1) is 0 Å². The van der Waals surface area contributed by atoms with Gasteiger partial charge in [-0.1, -0.05) is 28.1 Å². The zero-order chi connectivity index (χ0) is 18.1. The molecule has 0 spiro atoms. The van der Waals surface area contributed by atoms with Crippen LogP contribution in [-0.4, -0.2) is 20.8 Å². The van der Waals surface area contributed by atoms with Crippen molar-refractivity contribution in [1.82, 2.24) is 9.66 Å². The van der Waals surface area contributed by atoms with Gasteiger partial charge in [-0.05, 0) is 36.4 Å². The highest BCUT2D eigenvalue weighted by Gasteiger charge is 2.12. The van der Waals surface area contributed by atoms with Gasteiger partial charge in [-0.25, -0.2) is 4.98 Å². The monoisotopic (exact) mass is 401 g/mol. The van der Waals surface area contributed by atoms with E-state index in [1.54, 1.807) is 31.2 Å². The normalized spacial score (nSPS) is 11.3. The molecule has 1 heterocycles. The van der Waals surface area contributed by atoms with Crippen LogP contribution in [-0.2, 0) is 0 Å². The van der Waals surface area contributed by atoms with Crippen LogP contribution in [0.5, 0.6) is 5.75 Å². The summed E-state index contributed by atoms with van der Waals surface area (Å²) in [4.78, 5) is 27.0. The van der Waals surface area contributed by atoms with Crippen LogP contribution in [0.3, 0.4) is 0 Å². The van der Waals surface area contributed by atoms with Gasteiger partial charge in [-0.2, -0.15) is 9.78 Å². The number of halogens is 1. The van der Waals surface area contributed by atoms with Crippen LogP contribution in [0, 0.1) is 17.0 Å². The van der Waals surface area contributed by atoms with Gasteiger partial charge in [0.15, 0.2) is 0 Å². The third-order valence-electron chi connectivity index (χ3n) is 3.49. The third kappa shape index (κ3) is 3.13. The zero-order valence-corrected chi connectivity index (χ0v) is 14.4. The maximum atomic E-state index is 12.5. The Morgan fingerprint density at radius 2 is 2.04 bits per heavy atom. The van der Waals surface area contributed by atoms with Gasteiger partial charge in [0.2, 0.25) is 0 Å². The molecule has 2 aromatic carbocycles. The van der Waals surface area contributed by atoms with Crippen LogP contribution in [0.15, 0.2) is 50.8 Å². The van der Waals surface area contributed by atoms with Gasteiger partial charge in [0.25, 0.3) is 11.2 Å². The summed E-state index contributed by atoms with van der Waals surface area (Å²) in [7, 11) is 0. The van der Waals surface area contributed by atoms with Crippen LogP contribution in [0.2, 0.25) is 0 Å². The number of nitro groups is 1. The molecule has 0 unspecified atom stereocenters. The van der Waals surface area contributed by atoms with Gasteiger partial charge >= 0.3 is 0 Å². The highest BCUT2D eigenvalue weighted by atomic mass is 79.9. The molecule has 8 nitrogen and oxygen atoms in total. The van der Waals surface area contributed by atoms with Crippen molar-refractivity contribution in [3.05, 3.63) is 72.7 Å². The Hall–Kier alpha value is -3.07. The summed E-state index contributed by atoms with van der Waals surface area (Å²) in [5.74, 6) is -0.451. The van der Waals surface area contributed by atoms with Crippen LogP contribution < -0.4 is 10.7 Å². The number of hydrogen-bond donors (Lipinski definition) is 0. The van der Waals surface area contributed by atoms with Crippen LogP contribution in [0.4, 0.5) is 5.69 Å². The van der Waals surface area contributed by atoms with Crippen molar-refractivity contribution < 1.29 is 10.0 Å². The van der Waals surface area contributed by atoms with E-state index < -0.39 is 21.9 Å². The molecule has 0 N–H and O–H groups in total. The van der Waals surface area contributed by atoms with E-state index in [1.165, 1.54) is 6.07 Å². The summed E-state index contributed by atoms with van der Waals surface area (Å²) in [6.45, 7) is 1.60. The average molecular weight is 402 g/mol. The van der Waals surface area contributed by atoms with Crippen LogP contribution >= 0.6 is 15.9 Å². The molecule has 0 aliphatic rings. The summed E-state index contributed by atoms with van der Waals surface area (Å²) in [5.41, 5.74) is -0.438. The lowest BCUT2D eigenvalue weighted by atomic mass is 10.2. The number of aromatic nitrogens is 2.